The van der Waals surface area contributed by atoms with Gasteiger partial charge in [-0.1, -0.05) is 54.1 Å². The van der Waals surface area contributed by atoms with E-state index in [2.05, 4.69) is 10.3 Å². The van der Waals surface area contributed by atoms with Crippen LogP contribution >= 0.6 is 11.6 Å². The van der Waals surface area contributed by atoms with E-state index < -0.39 is 5.91 Å². The zero-order valence-electron chi connectivity index (χ0n) is 15.7. The van der Waals surface area contributed by atoms with Crippen molar-refractivity contribution in [2.45, 2.75) is 6.54 Å². The molecule has 1 heterocycles. The summed E-state index contributed by atoms with van der Waals surface area (Å²) in [7, 11) is 0. The molecule has 0 unspecified atom stereocenters. The summed E-state index contributed by atoms with van der Waals surface area (Å²) in [4.78, 5) is 42.2. The molecule has 1 N–H and O–H groups in total. The number of anilines is 1. The van der Waals surface area contributed by atoms with Gasteiger partial charge < -0.3 is 5.32 Å². The Labute approximate surface area is 176 Å². The maximum absolute atomic E-state index is 12.8. The number of nitrogens with zero attached hydrogens (tertiary/aromatic N) is 2. The molecule has 3 aromatic carbocycles. The lowest BCUT2D eigenvalue weighted by atomic mass is 10.0. The van der Waals surface area contributed by atoms with Crippen molar-refractivity contribution in [2.24, 2.45) is 0 Å². The lowest BCUT2D eigenvalue weighted by Gasteiger charge is -2.11. The first-order valence-corrected chi connectivity index (χ1v) is 9.54. The SMILES string of the molecule is O=C(Cn1cnc2cc(Cl)ccc2c1=O)Nc1ccccc1C(=O)c1ccccc1. The van der Waals surface area contributed by atoms with Crippen molar-refractivity contribution in [3.63, 3.8) is 0 Å². The van der Waals surface area contributed by atoms with E-state index in [0.29, 0.717) is 32.7 Å². The molecule has 0 aliphatic rings. The molecule has 0 saturated carbocycles. The highest BCUT2D eigenvalue weighted by molar-refractivity contribution is 6.31. The third-order valence-electron chi connectivity index (χ3n) is 4.58. The standard InChI is InChI=1S/C23H16ClN3O3/c24-16-10-11-18-20(12-16)25-14-27(23(18)30)13-21(28)26-19-9-5-4-8-17(19)22(29)15-6-2-1-3-7-15/h1-12,14H,13H2,(H,26,28). The Kier molecular flexibility index (Phi) is 5.41. The molecule has 1 aromatic heterocycles. The van der Waals surface area contributed by atoms with Crippen molar-refractivity contribution in [3.05, 3.63) is 106 Å². The number of nitrogens with one attached hydrogen (secondary N) is 1. The summed E-state index contributed by atoms with van der Waals surface area (Å²) in [6.45, 7) is -0.238. The smallest absolute Gasteiger partial charge is 0.261 e. The van der Waals surface area contributed by atoms with E-state index in [9.17, 15) is 14.4 Å². The van der Waals surface area contributed by atoms with Crippen LogP contribution in [0.4, 0.5) is 5.69 Å². The van der Waals surface area contributed by atoms with Gasteiger partial charge in [0.15, 0.2) is 5.78 Å². The van der Waals surface area contributed by atoms with Gasteiger partial charge in [-0.05, 0) is 30.3 Å². The maximum atomic E-state index is 12.8. The molecule has 148 valence electrons. The van der Waals surface area contributed by atoms with E-state index in [1.54, 1.807) is 66.7 Å². The van der Waals surface area contributed by atoms with Crippen molar-refractivity contribution in [1.29, 1.82) is 0 Å². The van der Waals surface area contributed by atoms with Gasteiger partial charge in [-0.2, -0.15) is 0 Å². The zero-order chi connectivity index (χ0) is 21.1. The number of fused-ring (bicyclic) bond motifs is 1. The molecule has 0 atom stereocenters. The molecular weight excluding hydrogens is 402 g/mol. The Balaban J connectivity index is 1.58. The number of benzene rings is 3. The number of ketones is 1. The van der Waals surface area contributed by atoms with E-state index in [0.717, 1.165) is 0 Å². The van der Waals surface area contributed by atoms with Gasteiger partial charge in [-0.15, -0.1) is 0 Å². The van der Waals surface area contributed by atoms with Crippen LogP contribution in [0, 0.1) is 0 Å². The second-order valence-corrected chi connectivity index (χ2v) is 7.06. The van der Waals surface area contributed by atoms with Crippen molar-refractivity contribution in [3.8, 4) is 0 Å². The van der Waals surface area contributed by atoms with Crippen LogP contribution in [-0.2, 0) is 11.3 Å². The summed E-state index contributed by atoms with van der Waals surface area (Å²) in [5, 5.41) is 3.57. The first kappa shape index (κ1) is 19.5. The second-order valence-electron chi connectivity index (χ2n) is 6.63. The van der Waals surface area contributed by atoms with Crippen molar-refractivity contribution >= 4 is 39.9 Å². The molecule has 0 saturated heterocycles. The predicted molar refractivity (Wildman–Crippen MR) is 116 cm³/mol. The molecular formula is C23H16ClN3O3. The molecule has 4 rings (SSSR count). The van der Waals surface area contributed by atoms with Crippen LogP contribution < -0.4 is 10.9 Å². The van der Waals surface area contributed by atoms with E-state index in [-0.39, 0.29) is 17.9 Å². The Bertz CT molecular complexity index is 1320. The molecule has 0 aliphatic heterocycles. The Morgan fingerprint density at radius 3 is 2.50 bits per heavy atom. The fourth-order valence-electron chi connectivity index (χ4n) is 3.12. The molecule has 30 heavy (non-hydrogen) atoms. The number of carbonyl (C=O) groups is 2. The lowest BCUT2D eigenvalue weighted by molar-refractivity contribution is -0.116. The molecule has 0 spiro atoms. The van der Waals surface area contributed by atoms with Crippen LogP contribution in [0.3, 0.4) is 0 Å². The Morgan fingerprint density at radius 2 is 1.70 bits per heavy atom. The molecule has 1 amide bonds. The monoisotopic (exact) mass is 417 g/mol. The minimum atomic E-state index is -0.444. The molecule has 4 aromatic rings. The van der Waals surface area contributed by atoms with Crippen LogP contribution in [0.2, 0.25) is 5.02 Å². The van der Waals surface area contributed by atoms with Gasteiger partial charge in [-0.3, -0.25) is 19.0 Å². The molecule has 0 fully saturated rings. The predicted octanol–water partition coefficient (Wildman–Crippen LogP) is 3.92. The number of carbonyl (C=O) groups excluding carboxylic acids is 2. The highest BCUT2D eigenvalue weighted by atomic mass is 35.5. The highest BCUT2D eigenvalue weighted by Gasteiger charge is 2.15. The van der Waals surface area contributed by atoms with Gasteiger partial charge in [0.05, 0.1) is 22.9 Å². The number of para-hydroxylation sites is 1. The van der Waals surface area contributed by atoms with E-state index in [4.69, 9.17) is 11.6 Å². The summed E-state index contributed by atoms with van der Waals surface area (Å²) in [6.07, 6.45) is 1.31. The second kappa shape index (κ2) is 8.31. The Morgan fingerprint density at radius 1 is 0.967 bits per heavy atom. The third-order valence-corrected chi connectivity index (χ3v) is 4.82. The maximum Gasteiger partial charge on any atom is 0.261 e. The summed E-state index contributed by atoms with van der Waals surface area (Å²) in [5.74, 6) is -0.645. The average Bonchev–Trinajstić information content (AvgIpc) is 2.76. The number of halogens is 1. The summed E-state index contributed by atoms with van der Waals surface area (Å²) in [6, 6.07) is 20.3. The first-order chi connectivity index (χ1) is 14.5. The topological polar surface area (TPSA) is 81.1 Å². The molecule has 7 heteroatoms. The fraction of sp³-hybridized carbons (Fsp3) is 0.0435. The average molecular weight is 418 g/mol. The van der Waals surface area contributed by atoms with Crippen LogP contribution in [0.25, 0.3) is 10.9 Å². The summed E-state index contributed by atoms with van der Waals surface area (Å²) < 4.78 is 1.22. The van der Waals surface area contributed by atoms with Crippen molar-refractivity contribution < 1.29 is 9.59 Å². The quantitative estimate of drug-likeness (QED) is 0.499. The van der Waals surface area contributed by atoms with Crippen molar-refractivity contribution in [1.82, 2.24) is 9.55 Å². The van der Waals surface area contributed by atoms with Crippen LogP contribution in [0.1, 0.15) is 15.9 Å². The number of rotatable bonds is 5. The van der Waals surface area contributed by atoms with Gasteiger partial charge in [-0.25, -0.2) is 4.98 Å². The van der Waals surface area contributed by atoms with Crippen molar-refractivity contribution in [2.75, 3.05) is 5.32 Å². The number of hydrogen-bond acceptors (Lipinski definition) is 4. The van der Waals surface area contributed by atoms with Gasteiger partial charge in [0.1, 0.15) is 6.54 Å². The largest absolute Gasteiger partial charge is 0.324 e. The Hall–Kier alpha value is -3.77. The van der Waals surface area contributed by atoms with E-state index in [1.807, 2.05) is 6.07 Å². The lowest BCUT2D eigenvalue weighted by Crippen LogP contribution is -2.28. The molecule has 0 aliphatic carbocycles. The number of hydrogen-bond donors (Lipinski definition) is 1. The van der Waals surface area contributed by atoms with Gasteiger partial charge in [0.2, 0.25) is 5.91 Å². The summed E-state index contributed by atoms with van der Waals surface area (Å²) >= 11 is 5.93. The molecule has 0 radical (unpaired) electrons. The third kappa shape index (κ3) is 3.99. The molecule has 6 nitrogen and oxygen atoms in total. The normalized spacial score (nSPS) is 10.7. The van der Waals surface area contributed by atoms with Crippen LogP contribution in [0.5, 0.6) is 0 Å². The molecule has 0 bridgehead atoms. The first-order valence-electron chi connectivity index (χ1n) is 9.16. The van der Waals surface area contributed by atoms with Crippen LogP contribution in [-0.4, -0.2) is 21.2 Å². The van der Waals surface area contributed by atoms with E-state index in [1.165, 1.54) is 10.9 Å². The van der Waals surface area contributed by atoms with Gasteiger partial charge >= 0.3 is 0 Å². The summed E-state index contributed by atoms with van der Waals surface area (Å²) in [5.41, 5.74) is 1.39. The van der Waals surface area contributed by atoms with E-state index >= 15 is 0 Å². The fourth-order valence-corrected chi connectivity index (χ4v) is 3.29. The minimum Gasteiger partial charge on any atom is -0.324 e. The minimum absolute atomic E-state index is 0.201. The number of amides is 1. The highest BCUT2D eigenvalue weighted by Crippen LogP contribution is 2.19. The number of aromatic nitrogens is 2. The van der Waals surface area contributed by atoms with Gasteiger partial charge in [0.25, 0.3) is 5.56 Å². The van der Waals surface area contributed by atoms with Gasteiger partial charge in [0, 0.05) is 16.1 Å². The zero-order valence-corrected chi connectivity index (χ0v) is 16.5. The van der Waals surface area contributed by atoms with Crippen LogP contribution in [0.15, 0.2) is 83.9 Å².